The van der Waals surface area contributed by atoms with Crippen LogP contribution in [0.25, 0.3) is 0 Å². The van der Waals surface area contributed by atoms with E-state index in [1.807, 2.05) is 17.0 Å². The molecule has 0 aromatic heterocycles. The fourth-order valence-corrected chi connectivity index (χ4v) is 5.55. The summed E-state index contributed by atoms with van der Waals surface area (Å²) in [5, 5.41) is 0. The number of amides is 1. The maximum Gasteiger partial charge on any atom is 0.258 e. The van der Waals surface area contributed by atoms with E-state index in [0.717, 1.165) is 25.2 Å². The fraction of sp³-hybridized carbons (Fsp3) is 0.409. The van der Waals surface area contributed by atoms with Crippen molar-refractivity contribution in [3.63, 3.8) is 0 Å². The molecule has 0 spiro atoms. The number of aryl methyl sites for hydroxylation is 1. The predicted octanol–water partition coefficient (Wildman–Crippen LogP) is 1.28. The summed E-state index contributed by atoms with van der Waals surface area (Å²) >= 11 is 0. The zero-order chi connectivity index (χ0) is 20.9. The molecule has 2 aromatic carbocycles. The molecule has 1 N–H and O–H groups in total. The number of carbonyl (C=O) groups is 1. The first kappa shape index (κ1) is 20.1. The number of benzene rings is 2. The van der Waals surface area contributed by atoms with Crippen LogP contribution in [-0.4, -0.2) is 58.9 Å². The van der Waals surface area contributed by atoms with Crippen LogP contribution in [0.3, 0.4) is 0 Å². The maximum absolute atomic E-state index is 13.6. The van der Waals surface area contributed by atoms with Crippen LogP contribution in [0.15, 0.2) is 47.4 Å². The van der Waals surface area contributed by atoms with E-state index < -0.39 is 10.0 Å². The number of likely N-dealkylation sites (tertiary alicyclic amines) is 1. The second-order valence-electron chi connectivity index (χ2n) is 8.43. The SMILES string of the molecule is Cc1ccc2c(c1)[C@@H]1C[NH+](C)CC[C@H]1N2C(=O)c1cccc(S(=O)(=O)N(C)C)c1. The van der Waals surface area contributed by atoms with Crippen molar-refractivity contribution in [2.24, 2.45) is 0 Å². The third-order valence-electron chi connectivity index (χ3n) is 6.15. The molecule has 2 heterocycles. The van der Waals surface area contributed by atoms with Gasteiger partial charge in [-0.05, 0) is 36.8 Å². The summed E-state index contributed by atoms with van der Waals surface area (Å²) in [6.45, 7) is 4.10. The Kier molecular flexibility index (Phi) is 5.01. The van der Waals surface area contributed by atoms with Gasteiger partial charge in [-0.3, -0.25) is 4.79 Å². The summed E-state index contributed by atoms with van der Waals surface area (Å²) in [5.41, 5.74) is 3.80. The molecule has 2 aromatic rings. The van der Waals surface area contributed by atoms with Crippen LogP contribution >= 0.6 is 0 Å². The molecule has 3 atom stereocenters. The van der Waals surface area contributed by atoms with Crippen molar-refractivity contribution < 1.29 is 18.1 Å². The van der Waals surface area contributed by atoms with E-state index in [4.69, 9.17) is 0 Å². The number of rotatable bonds is 3. The smallest absolute Gasteiger partial charge is 0.258 e. The van der Waals surface area contributed by atoms with Crippen molar-refractivity contribution in [2.45, 2.75) is 30.2 Å². The summed E-state index contributed by atoms with van der Waals surface area (Å²) in [7, 11) is 1.59. The number of hydrogen-bond donors (Lipinski definition) is 1. The molecule has 154 valence electrons. The van der Waals surface area contributed by atoms with Gasteiger partial charge in [-0.2, -0.15) is 0 Å². The molecule has 0 bridgehead atoms. The molecule has 1 unspecified atom stereocenters. The number of nitrogens with zero attached hydrogens (tertiary/aromatic N) is 2. The molecule has 2 aliphatic heterocycles. The van der Waals surface area contributed by atoms with Crippen molar-refractivity contribution in [1.29, 1.82) is 0 Å². The summed E-state index contributed by atoms with van der Waals surface area (Å²) in [4.78, 5) is 17.1. The molecular weight excluding hydrogens is 386 g/mol. The summed E-state index contributed by atoms with van der Waals surface area (Å²) < 4.78 is 26.2. The van der Waals surface area contributed by atoms with Gasteiger partial charge in [0.05, 0.1) is 37.0 Å². The number of fused-ring (bicyclic) bond motifs is 3. The van der Waals surface area contributed by atoms with Crippen molar-refractivity contribution in [2.75, 3.05) is 39.1 Å². The van der Waals surface area contributed by atoms with Crippen LogP contribution in [0, 0.1) is 6.92 Å². The molecule has 1 saturated heterocycles. The minimum Gasteiger partial charge on any atom is -0.337 e. The zero-order valence-corrected chi connectivity index (χ0v) is 18.2. The van der Waals surface area contributed by atoms with Gasteiger partial charge in [0, 0.05) is 31.8 Å². The highest BCUT2D eigenvalue weighted by atomic mass is 32.2. The van der Waals surface area contributed by atoms with Gasteiger partial charge >= 0.3 is 0 Å². The molecule has 0 aliphatic carbocycles. The Labute approximate surface area is 172 Å². The molecule has 6 nitrogen and oxygen atoms in total. The van der Waals surface area contributed by atoms with Gasteiger partial charge in [0.2, 0.25) is 10.0 Å². The Morgan fingerprint density at radius 1 is 1.17 bits per heavy atom. The minimum atomic E-state index is -3.59. The standard InChI is InChI=1S/C22H27N3O3S/c1-15-8-9-20-18(12-15)19-14-24(4)11-10-21(19)25(20)22(26)16-6-5-7-17(13-16)29(27,28)23(2)3/h5-9,12-13,19,21H,10-11,14H2,1-4H3/p+1/t19-,21+/m0/s1. The van der Waals surface area contributed by atoms with E-state index in [0.29, 0.717) is 11.5 Å². The largest absolute Gasteiger partial charge is 0.337 e. The maximum atomic E-state index is 13.6. The van der Waals surface area contributed by atoms with E-state index in [2.05, 4.69) is 20.0 Å². The summed E-state index contributed by atoms with van der Waals surface area (Å²) in [6, 6.07) is 12.8. The van der Waals surface area contributed by atoms with Crippen molar-refractivity contribution in [3.8, 4) is 0 Å². The second kappa shape index (κ2) is 7.23. The van der Waals surface area contributed by atoms with Crippen LogP contribution in [0.5, 0.6) is 0 Å². The fourth-order valence-electron chi connectivity index (χ4n) is 4.60. The average Bonchev–Trinajstić information content (AvgIpc) is 3.00. The van der Waals surface area contributed by atoms with Crippen molar-refractivity contribution in [3.05, 3.63) is 59.2 Å². The van der Waals surface area contributed by atoms with Gasteiger partial charge in [0.1, 0.15) is 0 Å². The zero-order valence-electron chi connectivity index (χ0n) is 17.3. The van der Waals surface area contributed by atoms with E-state index >= 15 is 0 Å². The van der Waals surface area contributed by atoms with Gasteiger partial charge in [-0.15, -0.1) is 0 Å². The van der Waals surface area contributed by atoms with E-state index in [1.165, 1.54) is 46.6 Å². The highest BCUT2D eigenvalue weighted by Crippen LogP contribution is 2.43. The average molecular weight is 415 g/mol. The lowest BCUT2D eigenvalue weighted by Gasteiger charge is -2.34. The Balaban J connectivity index is 1.76. The number of quaternary nitrogens is 1. The third-order valence-corrected chi connectivity index (χ3v) is 7.96. The molecule has 1 fully saturated rings. The summed E-state index contributed by atoms with van der Waals surface area (Å²) in [5.74, 6) is 0.189. The number of carbonyl (C=O) groups excluding carboxylic acids is 1. The number of likely N-dealkylation sites (N-methyl/N-ethyl adjacent to an activating group) is 1. The lowest BCUT2D eigenvalue weighted by molar-refractivity contribution is -0.886. The molecule has 2 aliphatic rings. The Morgan fingerprint density at radius 3 is 2.66 bits per heavy atom. The number of nitrogens with one attached hydrogen (secondary N) is 1. The van der Waals surface area contributed by atoms with Crippen molar-refractivity contribution in [1.82, 2.24) is 4.31 Å². The van der Waals surface area contributed by atoms with Crippen molar-refractivity contribution >= 4 is 21.6 Å². The van der Waals surface area contributed by atoms with Crippen LogP contribution in [0.4, 0.5) is 5.69 Å². The number of piperidine rings is 1. The second-order valence-corrected chi connectivity index (χ2v) is 10.6. The highest BCUT2D eigenvalue weighted by Gasteiger charge is 2.45. The molecule has 7 heteroatoms. The quantitative estimate of drug-likeness (QED) is 0.823. The van der Waals surface area contributed by atoms with Gasteiger partial charge in [-0.1, -0.05) is 23.8 Å². The number of anilines is 1. The Hall–Kier alpha value is -2.22. The normalized spacial score (nSPS) is 23.8. The molecular formula is C22H28N3O3S+. The molecule has 29 heavy (non-hydrogen) atoms. The van der Waals surface area contributed by atoms with Crippen LogP contribution in [-0.2, 0) is 10.0 Å². The molecule has 0 saturated carbocycles. The van der Waals surface area contributed by atoms with Gasteiger partial charge in [-0.25, -0.2) is 12.7 Å². The molecule has 0 radical (unpaired) electrons. The first-order valence-corrected chi connectivity index (χ1v) is 11.4. The van der Waals surface area contributed by atoms with Crippen LogP contribution in [0.2, 0.25) is 0 Å². The lowest BCUT2D eigenvalue weighted by atomic mass is 9.88. The van der Waals surface area contributed by atoms with Gasteiger partial charge in [0.25, 0.3) is 5.91 Å². The summed E-state index contributed by atoms with van der Waals surface area (Å²) in [6.07, 6.45) is 0.936. The van der Waals surface area contributed by atoms with Gasteiger partial charge < -0.3 is 9.80 Å². The third kappa shape index (κ3) is 3.37. The lowest BCUT2D eigenvalue weighted by Crippen LogP contribution is -3.11. The highest BCUT2D eigenvalue weighted by molar-refractivity contribution is 7.89. The Morgan fingerprint density at radius 2 is 1.93 bits per heavy atom. The first-order valence-electron chi connectivity index (χ1n) is 9.98. The van der Waals surface area contributed by atoms with E-state index in [1.54, 1.807) is 12.1 Å². The molecule has 4 rings (SSSR count). The number of hydrogen-bond acceptors (Lipinski definition) is 3. The predicted molar refractivity (Wildman–Crippen MR) is 113 cm³/mol. The monoisotopic (exact) mass is 414 g/mol. The van der Waals surface area contributed by atoms with Crippen LogP contribution < -0.4 is 9.80 Å². The first-order chi connectivity index (χ1) is 13.7. The number of sulfonamides is 1. The van der Waals surface area contributed by atoms with E-state index in [9.17, 15) is 13.2 Å². The minimum absolute atomic E-state index is 0.122. The van der Waals surface area contributed by atoms with E-state index in [-0.39, 0.29) is 16.8 Å². The van der Waals surface area contributed by atoms with Crippen LogP contribution in [0.1, 0.15) is 33.8 Å². The topological polar surface area (TPSA) is 62.1 Å². The Bertz CT molecular complexity index is 1060. The molecule has 1 amide bonds. The van der Waals surface area contributed by atoms with Gasteiger partial charge in [0.15, 0.2) is 0 Å².